The zero-order valence-electron chi connectivity index (χ0n) is 6.20. The fourth-order valence-corrected chi connectivity index (χ4v) is 1.66. The van der Waals surface area contributed by atoms with Crippen molar-refractivity contribution in [2.45, 2.75) is 25.2 Å². The van der Waals surface area contributed by atoms with Crippen molar-refractivity contribution in [1.82, 2.24) is 5.32 Å². The fourth-order valence-electron chi connectivity index (χ4n) is 1.66. The molecule has 11 heavy (non-hydrogen) atoms. The van der Waals surface area contributed by atoms with Gasteiger partial charge in [0.1, 0.15) is 0 Å². The fraction of sp³-hybridized carbons (Fsp3) is 1.00. The van der Waals surface area contributed by atoms with Gasteiger partial charge in [0, 0.05) is 24.9 Å². The van der Waals surface area contributed by atoms with Gasteiger partial charge in [-0.15, -0.1) is 12.4 Å². The molecule has 1 N–H and O–H groups in total. The lowest BCUT2D eigenvalue weighted by Crippen LogP contribution is -2.46. The lowest BCUT2D eigenvalue weighted by molar-refractivity contribution is -0.0922. The number of hydrogen-bond acceptors (Lipinski definition) is 1. The van der Waals surface area contributed by atoms with Gasteiger partial charge in [-0.05, 0) is 12.8 Å². The smallest absolute Gasteiger partial charge is 0.256 e. The van der Waals surface area contributed by atoms with Gasteiger partial charge < -0.3 is 5.32 Å². The van der Waals surface area contributed by atoms with E-state index in [2.05, 4.69) is 5.32 Å². The van der Waals surface area contributed by atoms with Crippen LogP contribution in [0.2, 0.25) is 0 Å². The van der Waals surface area contributed by atoms with Crippen LogP contribution in [0.25, 0.3) is 0 Å². The molecular weight excluding hydrogens is 172 g/mol. The highest BCUT2D eigenvalue weighted by molar-refractivity contribution is 5.85. The molecular formula is C7H12ClF2N. The SMILES string of the molecule is Cl.FC1(F)CCNCC12CC2. The topological polar surface area (TPSA) is 12.0 Å². The van der Waals surface area contributed by atoms with E-state index in [4.69, 9.17) is 0 Å². The van der Waals surface area contributed by atoms with E-state index in [-0.39, 0.29) is 18.8 Å². The van der Waals surface area contributed by atoms with Crippen LogP contribution in [0.1, 0.15) is 19.3 Å². The van der Waals surface area contributed by atoms with Gasteiger partial charge in [0.2, 0.25) is 0 Å². The van der Waals surface area contributed by atoms with E-state index in [0.29, 0.717) is 25.9 Å². The standard InChI is InChI=1S/C7H11F2N.ClH/c8-7(9)3-4-10-5-6(7)1-2-6;/h10H,1-5H2;1H. The van der Waals surface area contributed by atoms with Crippen LogP contribution in [0.15, 0.2) is 0 Å². The molecule has 0 unspecified atom stereocenters. The number of hydrogen-bond donors (Lipinski definition) is 1. The van der Waals surface area contributed by atoms with E-state index in [1.54, 1.807) is 0 Å². The summed E-state index contributed by atoms with van der Waals surface area (Å²) in [5.41, 5.74) is -0.620. The molecule has 66 valence electrons. The van der Waals surface area contributed by atoms with Crippen LogP contribution >= 0.6 is 12.4 Å². The van der Waals surface area contributed by atoms with Crippen molar-refractivity contribution >= 4 is 12.4 Å². The van der Waals surface area contributed by atoms with Crippen LogP contribution in [0.4, 0.5) is 8.78 Å². The molecule has 1 aliphatic carbocycles. The van der Waals surface area contributed by atoms with Crippen LogP contribution in [0.5, 0.6) is 0 Å². The molecule has 2 aliphatic rings. The Hall–Kier alpha value is 0.110. The van der Waals surface area contributed by atoms with E-state index in [1.807, 2.05) is 0 Å². The average Bonchev–Trinajstić information content (AvgIpc) is 2.59. The van der Waals surface area contributed by atoms with Gasteiger partial charge in [0.05, 0.1) is 0 Å². The molecule has 0 bridgehead atoms. The van der Waals surface area contributed by atoms with Crippen LogP contribution < -0.4 is 5.32 Å². The molecule has 1 saturated carbocycles. The van der Waals surface area contributed by atoms with Crippen molar-refractivity contribution in [2.24, 2.45) is 5.41 Å². The quantitative estimate of drug-likeness (QED) is 0.604. The van der Waals surface area contributed by atoms with Gasteiger partial charge in [-0.1, -0.05) is 0 Å². The Morgan fingerprint density at radius 3 is 2.09 bits per heavy atom. The van der Waals surface area contributed by atoms with E-state index in [0.717, 1.165) is 0 Å². The summed E-state index contributed by atoms with van der Waals surface area (Å²) in [6, 6.07) is 0. The summed E-state index contributed by atoms with van der Waals surface area (Å²) in [5.74, 6) is -2.38. The third-order valence-corrected chi connectivity index (χ3v) is 2.71. The summed E-state index contributed by atoms with van der Waals surface area (Å²) in [6.07, 6.45) is 1.47. The second-order valence-corrected chi connectivity index (χ2v) is 3.41. The number of alkyl halides is 2. The molecule has 0 atom stereocenters. The second-order valence-electron chi connectivity index (χ2n) is 3.41. The minimum Gasteiger partial charge on any atom is -0.316 e. The Labute approximate surface area is 71.0 Å². The van der Waals surface area contributed by atoms with Crippen molar-refractivity contribution < 1.29 is 8.78 Å². The highest BCUT2D eigenvalue weighted by Gasteiger charge is 2.62. The van der Waals surface area contributed by atoms with Crippen molar-refractivity contribution in [3.63, 3.8) is 0 Å². The minimum atomic E-state index is -2.38. The molecule has 1 nitrogen and oxygen atoms in total. The average molecular weight is 184 g/mol. The summed E-state index contributed by atoms with van der Waals surface area (Å²) >= 11 is 0. The summed E-state index contributed by atoms with van der Waals surface area (Å²) < 4.78 is 26.0. The third-order valence-electron chi connectivity index (χ3n) is 2.71. The Morgan fingerprint density at radius 1 is 1.09 bits per heavy atom. The van der Waals surface area contributed by atoms with E-state index in [1.165, 1.54) is 0 Å². The van der Waals surface area contributed by atoms with E-state index in [9.17, 15) is 8.78 Å². The third kappa shape index (κ3) is 1.25. The largest absolute Gasteiger partial charge is 0.316 e. The lowest BCUT2D eigenvalue weighted by Gasteiger charge is -2.31. The van der Waals surface area contributed by atoms with Gasteiger partial charge in [0.15, 0.2) is 0 Å². The Bertz CT molecular complexity index is 151. The summed E-state index contributed by atoms with van der Waals surface area (Å²) in [4.78, 5) is 0. The number of halogens is 3. The van der Waals surface area contributed by atoms with E-state index < -0.39 is 11.3 Å². The molecule has 0 aromatic rings. The van der Waals surface area contributed by atoms with Gasteiger partial charge in [-0.25, -0.2) is 8.78 Å². The summed E-state index contributed by atoms with van der Waals surface area (Å²) in [7, 11) is 0. The highest BCUT2D eigenvalue weighted by atomic mass is 35.5. The number of rotatable bonds is 0. The maximum absolute atomic E-state index is 13.0. The molecule has 0 aromatic heterocycles. The molecule has 4 heteroatoms. The van der Waals surface area contributed by atoms with Crippen LogP contribution in [0.3, 0.4) is 0 Å². The first-order valence-electron chi connectivity index (χ1n) is 3.75. The zero-order chi connectivity index (χ0) is 7.24. The van der Waals surface area contributed by atoms with Crippen LogP contribution in [0, 0.1) is 5.41 Å². The molecule has 1 saturated heterocycles. The van der Waals surface area contributed by atoms with Crippen molar-refractivity contribution in [3.8, 4) is 0 Å². The van der Waals surface area contributed by atoms with Crippen molar-refractivity contribution in [1.29, 1.82) is 0 Å². The Morgan fingerprint density at radius 2 is 1.73 bits per heavy atom. The normalized spacial score (nSPS) is 31.1. The first-order valence-corrected chi connectivity index (χ1v) is 3.75. The number of nitrogens with one attached hydrogen (secondary N) is 1. The highest BCUT2D eigenvalue weighted by Crippen LogP contribution is 2.58. The molecule has 2 fully saturated rings. The predicted molar refractivity (Wildman–Crippen MR) is 41.3 cm³/mol. The van der Waals surface area contributed by atoms with Gasteiger partial charge >= 0.3 is 0 Å². The Balaban J connectivity index is 0.000000605. The van der Waals surface area contributed by atoms with Gasteiger partial charge in [-0.2, -0.15) is 0 Å². The summed E-state index contributed by atoms with van der Waals surface area (Å²) in [6.45, 7) is 1.01. The lowest BCUT2D eigenvalue weighted by atomic mass is 9.92. The van der Waals surface area contributed by atoms with Gasteiger partial charge in [-0.3, -0.25) is 0 Å². The summed E-state index contributed by atoms with van der Waals surface area (Å²) in [5, 5.41) is 3.01. The first-order chi connectivity index (χ1) is 4.66. The maximum Gasteiger partial charge on any atom is 0.256 e. The molecule has 0 amide bonds. The molecule has 1 aliphatic heterocycles. The van der Waals surface area contributed by atoms with Crippen molar-refractivity contribution in [3.05, 3.63) is 0 Å². The minimum absolute atomic E-state index is 0. The Kier molecular flexibility index (Phi) is 2.14. The molecule has 2 rings (SSSR count). The first kappa shape index (κ1) is 9.20. The second kappa shape index (κ2) is 2.56. The van der Waals surface area contributed by atoms with Crippen LogP contribution in [-0.2, 0) is 0 Å². The maximum atomic E-state index is 13.0. The van der Waals surface area contributed by atoms with E-state index >= 15 is 0 Å². The van der Waals surface area contributed by atoms with Crippen molar-refractivity contribution in [2.75, 3.05) is 13.1 Å². The molecule has 0 radical (unpaired) electrons. The molecule has 1 heterocycles. The predicted octanol–water partition coefficient (Wildman–Crippen LogP) is 1.82. The zero-order valence-corrected chi connectivity index (χ0v) is 7.02. The molecule has 1 spiro atoms. The van der Waals surface area contributed by atoms with Gasteiger partial charge in [0.25, 0.3) is 5.92 Å². The number of piperidine rings is 1. The van der Waals surface area contributed by atoms with Crippen LogP contribution in [-0.4, -0.2) is 19.0 Å². The molecule has 0 aromatic carbocycles. The monoisotopic (exact) mass is 183 g/mol.